The molecule has 1 aromatic rings. The highest BCUT2D eigenvalue weighted by Gasteiger charge is 2.14. The molecule has 0 aromatic carbocycles. The molecule has 0 unspecified atom stereocenters. The Balaban J connectivity index is 2.50. The lowest BCUT2D eigenvalue weighted by atomic mass is 10.3. The maximum atomic E-state index is 11.7. The average molecular weight is 255 g/mol. The van der Waals surface area contributed by atoms with Crippen LogP contribution < -0.4 is 10.6 Å². The molecule has 0 saturated carbocycles. The van der Waals surface area contributed by atoms with E-state index < -0.39 is 0 Å². The van der Waals surface area contributed by atoms with E-state index in [1.54, 1.807) is 0 Å². The predicted octanol–water partition coefficient (Wildman–Crippen LogP) is 1.01. The molecule has 1 aromatic heterocycles. The Labute approximate surface area is 105 Å². The first-order valence-electron chi connectivity index (χ1n) is 5.41. The van der Waals surface area contributed by atoms with Crippen LogP contribution in [0.1, 0.15) is 34.2 Å². The largest absolute Gasteiger partial charge is 0.352 e. The van der Waals surface area contributed by atoms with Gasteiger partial charge in [0.2, 0.25) is 5.91 Å². The van der Waals surface area contributed by atoms with Crippen LogP contribution in [0, 0.1) is 13.8 Å². The summed E-state index contributed by atoms with van der Waals surface area (Å²) in [5, 5.41) is 6.10. The number of rotatable bonds is 4. The quantitative estimate of drug-likeness (QED) is 0.843. The van der Waals surface area contributed by atoms with Crippen LogP contribution in [0.15, 0.2) is 0 Å². The Kier molecular flexibility index (Phi) is 4.62. The molecule has 0 spiro atoms. The van der Waals surface area contributed by atoms with Crippen LogP contribution in [-0.2, 0) is 4.79 Å². The Hall–Kier alpha value is -1.43. The fourth-order valence-electron chi connectivity index (χ4n) is 1.36. The third-order valence-corrected chi connectivity index (χ3v) is 2.86. The molecule has 2 N–H and O–H groups in total. The summed E-state index contributed by atoms with van der Waals surface area (Å²) >= 11 is 1.47. The summed E-state index contributed by atoms with van der Waals surface area (Å²) in [6.45, 7) is 7.40. The molecule has 5 nitrogen and oxygen atoms in total. The first-order valence-corrected chi connectivity index (χ1v) is 6.23. The van der Waals surface area contributed by atoms with Gasteiger partial charge >= 0.3 is 0 Å². The van der Waals surface area contributed by atoms with Crippen molar-refractivity contribution in [2.45, 2.75) is 33.7 Å². The number of nitrogens with zero attached hydrogens (tertiary/aromatic N) is 1. The summed E-state index contributed by atoms with van der Waals surface area (Å²) in [7, 11) is 0. The number of nitrogens with one attached hydrogen (secondary N) is 2. The molecular weight excluding hydrogens is 238 g/mol. The zero-order chi connectivity index (χ0) is 13.0. The van der Waals surface area contributed by atoms with E-state index in [-0.39, 0.29) is 24.4 Å². The van der Waals surface area contributed by atoms with Gasteiger partial charge in [0.05, 0.1) is 11.6 Å². The van der Waals surface area contributed by atoms with Gasteiger partial charge in [-0.2, -0.15) is 0 Å². The van der Waals surface area contributed by atoms with E-state index in [0.29, 0.717) is 5.69 Å². The standard InChI is InChI=1S/C11H17N3O2S/c1-6(2)13-9(15)5-12-11(16)10-7(3)17-8(4)14-10/h6H,5H2,1-4H3,(H,12,16)(H,13,15). The van der Waals surface area contributed by atoms with Crippen molar-refractivity contribution in [3.05, 3.63) is 15.6 Å². The lowest BCUT2D eigenvalue weighted by Crippen LogP contribution is -2.40. The van der Waals surface area contributed by atoms with Crippen molar-refractivity contribution >= 4 is 23.2 Å². The zero-order valence-electron chi connectivity index (χ0n) is 10.5. The third kappa shape index (κ3) is 4.14. The van der Waals surface area contributed by atoms with Crippen molar-refractivity contribution in [1.29, 1.82) is 0 Å². The van der Waals surface area contributed by atoms with Crippen molar-refractivity contribution < 1.29 is 9.59 Å². The molecule has 0 aliphatic carbocycles. The van der Waals surface area contributed by atoms with Gasteiger partial charge in [-0.15, -0.1) is 11.3 Å². The summed E-state index contributed by atoms with van der Waals surface area (Å²) in [6.07, 6.45) is 0. The highest BCUT2D eigenvalue weighted by atomic mass is 32.1. The molecule has 0 atom stereocenters. The van der Waals surface area contributed by atoms with Crippen LogP contribution in [0.2, 0.25) is 0 Å². The summed E-state index contributed by atoms with van der Waals surface area (Å²) in [5.41, 5.74) is 0.407. The van der Waals surface area contributed by atoms with Gasteiger partial charge in [0.1, 0.15) is 5.69 Å². The first kappa shape index (κ1) is 13.6. The van der Waals surface area contributed by atoms with Crippen molar-refractivity contribution in [3.8, 4) is 0 Å². The number of hydrogen-bond acceptors (Lipinski definition) is 4. The highest BCUT2D eigenvalue weighted by Crippen LogP contribution is 2.15. The van der Waals surface area contributed by atoms with Gasteiger partial charge in [-0.05, 0) is 27.7 Å². The average Bonchev–Trinajstić information content (AvgIpc) is 2.53. The van der Waals surface area contributed by atoms with E-state index in [4.69, 9.17) is 0 Å². The predicted molar refractivity (Wildman–Crippen MR) is 67.2 cm³/mol. The van der Waals surface area contributed by atoms with E-state index in [1.165, 1.54) is 11.3 Å². The minimum atomic E-state index is -0.300. The Morgan fingerprint density at radius 3 is 2.47 bits per heavy atom. The third-order valence-electron chi connectivity index (χ3n) is 1.98. The van der Waals surface area contributed by atoms with Crippen LogP contribution in [0.5, 0.6) is 0 Å². The molecule has 6 heteroatoms. The van der Waals surface area contributed by atoms with E-state index in [1.807, 2.05) is 27.7 Å². The minimum absolute atomic E-state index is 0.0208. The summed E-state index contributed by atoms with van der Waals surface area (Å²) in [5.74, 6) is -0.497. The van der Waals surface area contributed by atoms with Crippen LogP contribution in [0.4, 0.5) is 0 Å². The number of carbonyl (C=O) groups is 2. The van der Waals surface area contributed by atoms with Gasteiger partial charge in [0, 0.05) is 10.9 Å². The molecule has 17 heavy (non-hydrogen) atoms. The molecule has 0 aliphatic heterocycles. The number of hydrogen-bond donors (Lipinski definition) is 2. The maximum Gasteiger partial charge on any atom is 0.271 e. The number of aryl methyl sites for hydroxylation is 2. The van der Waals surface area contributed by atoms with Crippen LogP contribution in [-0.4, -0.2) is 29.4 Å². The van der Waals surface area contributed by atoms with Gasteiger partial charge in [0.25, 0.3) is 5.91 Å². The fraction of sp³-hybridized carbons (Fsp3) is 0.545. The zero-order valence-corrected chi connectivity index (χ0v) is 11.3. The second-order valence-corrected chi connectivity index (χ2v) is 5.45. The van der Waals surface area contributed by atoms with Gasteiger partial charge in [-0.3, -0.25) is 9.59 Å². The number of thiazole rings is 1. The van der Waals surface area contributed by atoms with Gasteiger partial charge < -0.3 is 10.6 Å². The molecular formula is C11H17N3O2S. The Morgan fingerprint density at radius 2 is 2.00 bits per heavy atom. The molecule has 0 saturated heterocycles. The smallest absolute Gasteiger partial charge is 0.271 e. The SMILES string of the molecule is Cc1nc(C(=O)NCC(=O)NC(C)C)c(C)s1. The van der Waals surface area contributed by atoms with E-state index >= 15 is 0 Å². The summed E-state index contributed by atoms with van der Waals surface area (Å²) in [4.78, 5) is 28.0. The lowest BCUT2D eigenvalue weighted by Gasteiger charge is -2.08. The lowest BCUT2D eigenvalue weighted by molar-refractivity contribution is -0.120. The molecule has 0 fully saturated rings. The van der Waals surface area contributed by atoms with Crippen LogP contribution in [0.3, 0.4) is 0 Å². The normalized spacial score (nSPS) is 10.4. The van der Waals surface area contributed by atoms with Crippen molar-refractivity contribution in [2.24, 2.45) is 0 Å². The summed E-state index contributed by atoms with van der Waals surface area (Å²) < 4.78 is 0. The van der Waals surface area contributed by atoms with Gasteiger partial charge in [-0.25, -0.2) is 4.98 Å². The van der Waals surface area contributed by atoms with E-state index in [9.17, 15) is 9.59 Å². The topological polar surface area (TPSA) is 71.1 Å². The van der Waals surface area contributed by atoms with E-state index in [0.717, 1.165) is 9.88 Å². The molecule has 2 amide bonds. The van der Waals surface area contributed by atoms with Crippen molar-refractivity contribution in [3.63, 3.8) is 0 Å². The Bertz CT molecular complexity index is 426. The second-order valence-electron chi connectivity index (χ2n) is 4.04. The van der Waals surface area contributed by atoms with Crippen LogP contribution in [0.25, 0.3) is 0 Å². The second kappa shape index (κ2) is 5.77. The first-order chi connectivity index (χ1) is 7.90. The number of carbonyl (C=O) groups excluding carboxylic acids is 2. The van der Waals surface area contributed by atoms with Gasteiger partial charge in [-0.1, -0.05) is 0 Å². The molecule has 94 valence electrons. The molecule has 0 aliphatic rings. The Morgan fingerprint density at radius 1 is 1.35 bits per heavy atom. The number of aromatic nitrogens is 1. The van der Waals surface area contributed by atoms with E-state index in [2.05, 4.69) is 15.6 Å². The fourth-order valence-corrected chi connectivity index (χ4v) is 2.17. The van der Waals surface area contributed by atoms with Crippen molar-refractivity contribution in [1.82, 2.24) is 15.6 Å². The van der Waals surface area contributed by atoms with Gasteiger partial charge in [0.15, 0.2) is 0 Å². The highest BCUT2D eigenvalue weighted by molar-refractivity contribution is 7.11. The molecule has 1 heterocycles. The molecule has 1 rings (SSSR count). The maximum absolute atomic E-state index is 11.7. The molecule has 0 radical (unpaired) electrons. The minimum Gasteiger partial charge on any atom is -0.352 e. The molecule has 0 bridgehead atoms. The van der Waals surface area contributed by atoms with Crippen LogP contribution >= 0.6 is 11.3 Å². The monoisotopic (exact) mass is 255 g/mol. The van der Waals surface area contributed by atoms with Crippen molar-refractivity contribution in [2.75, 3.05) is 6.54 Å². The number of amides is 2. The summed E-state index contributed by atoms with van der Waals surface area (Å²) in [6, 6.07) is 0.0719.